The number of nitrogens with zero attached hydrogens (tertiary/aromatic N) is 8. The number of aromatic amines is 1. The number of halogens is 4. The maximum Gasteiger partial charge on any atom is 0.373 e. The minimum Gasteiger partial charge on any atom is -0.497 e. The number of aryl methyl sites for hydroxylation is 10. The lowest BCUT2D eigenvalue weighted by Crippen LogP contribution is -2.13. The first-order valence-corrected chi connectivity index (χ1v) is 41.2. The van der Waals surface area contributed by atoms with E-state index in [1.165, 1.54) is 125 Å². The first-order chi connectivity index (χ1) is 47.9. The summed E-state index contributed by atoms with van der Waals surface area (Å²) in [5, 5.41) is 19.5. The molecule has 0 radical (unpaired) electrons. The van der Waals surface area contributed by atoms with Crippen molar-refractivity contribution in [2.75, 3.05) is 44.3 Å². The molecule has 0 bridgehead atoms. The molecule has 2 aromatic carbocycles. The van der Waals surface area contributed by atoms with E-state index in [1.807, 2.05) is 88.5 Å². The van der Waals surface area contributed by atoms with E-state index in [2.05, 4.69) is 83.1 Å². The highest BCUT2D eigenvalue weighted by atomic mass is 36.0. The van der Waals surface area contributed by atoms with E-state index >= 15 is 0 Å². The third-order valence-electron chi connectivity index (χ3n) is 16.2. The Morgan fingerprint density at radius 1 is 0.641 bits per heavy atom. The van der Waals surface area contributed by atoms with Gasteiger partial charge in [-0.25, -0.2) is 24.9 Å². The highest BCUT2D eigenvalue weighted by Crippen LogP contribution is 2.61. The Hall–Kier alpha value is -6.50. The van der Waals surface area contributed by atoms with Gasteiger partial charge in [-0.2, -0.15) is 33.6 Å². The summed E-state index contributed by atoms with van der Waals surface area (Å²) in [6.45, 7) is 10.7. The number of methoxy groups -OCH3 is 2. The number of nitrogens with two attached hydrogens (primary N) is 1. The van der Waals surface area contributed by atoms with Crippen LogP contribution >= 0.6 is 109 Å². The predicted octanol–water partition coefficient (Wildman–Crippen LogP) is 21.5. The van der Waals surface area contributed by atoms with Crippen LogP contribution < -0.4 is 31.0 Å². The first-order valence-electron chi connectivity index (χ1n) is 33.1. The molecule has 19 nitrogen and oxygen atoms in total. The van der Waals surface area contributed by atoms with Gasteiger partial charge in [0.05, 0.1) is 53.1 Å². The van der Waals surface area contributed by atoms with Crippen molar-refractivity contribution >= 4 is 180 Å². The van der Waals surface area contributed by atoms with E-state index in [0.717, 1.165) is 147 Å². The van der Waals surface area contributed by atoms with Gasteiger partial charge in [-0.3, -0.25) is 18.9 Å². The largest absolute Gasteiger partial charge is 0.497 e. The molecule has 9 aromatic rings. The van der Waals surface area contributed by atoms with E-state index in [0.29, 0.717) is 23.2 Å². The normalized spacial score (nSPS) is 13.1. The maximum atomic E-state index is 11.8. The zero-order valence-corrected chi connectivity index (χ0v) is 67.1. The van der Waals surface area contributed by atoms with E-state index in [-0.39, 0.29) is 45.8 Å². The monoisotopic (exact) mass is 1600 g/mol. The van der Waals surface area contributed by atoms with Gasteiger partial charge >= 0.3 is 11.4 Å². The average Bonchev–Trinajstić information content (AvgIpc) is 1.63. The Morgan fingerprint density at radius 2 is 1.03 bits per heavy atom. The number of nitriles is 2. The molecule has 7 heterocycles. The molecule has 0 atom stereocenters. The zero-order chi connectivity index (χ0) is 73.5. The third-order valence-corrected chi connectivity index (χ3v) is 21.2. The quantitative estimate of drug-likeness (QED) is 0.0759. The second kappa shape index (κ2) is 47.9. The van der Waals surface area contributed by atoms with Gasteiger partial charge in [-0.1, -0.05) is 39.8 Å². The van der Waals surface area contributed by atoms with Crippen molar-refractivity contribution in [3.8, 4) is 23.6 Å². The zero-order valence-electron chi connectivity index (χ0n) is 58.9. The third kappa shape index (κ3) is 29.1. The van der Waals surface area contributed by atoms with Crippen molar-refractivity contribution < 1.29 is 33.2 Å². The molecular formula is C74H98Cl4N11O8PS5. The summed E-state index contributed by atoms with van der Waals surface area (Å²) >= 11 is 27.0. The molecule has 4 N–H and O–H groups in total. The van der Waals surface area contributed by atoms with Crippen LogP contribution in [0.4, 0.5) is 22.2 Å². The molecule has 0 amide bonds. The molecule has 0 aliphatic heterocycles. The summed E-state index contributed by atoms with van der Waals surface area (Å²) in [7, 11) is 7.32. The number of nitrogen functional groups attached to an aromatic ring is 1. The number of Topliss-reactive ketones (excluding diaryl/α,β-unsaturated/α-hetero) is 2. The van der Waals surface area contributed by atoms with Crippen LogP contribution in [0.15, 0.2) is 53.3 Å². The van der Waals surface area contributed by atoms with Gasteiger partial charge in [0.2, 0.25) is 0 Å². The van der Waals surface area contributed by atoms with Crippen LogP contribution in [0, 0.1) is 43.4 Å². The number of aromatic nitrogens is 6. The standard InChI is InChI=1S/C19H21N3OS.C11H11ClN2S.C11H12N2OS.C10H13NOS.C8H11NO.C6H10O.C4H7N.C2H3N.CO2.2CH4.Cl3OP.H2S/c1-12-20-18(22(2)13-8-10-14(23-3)11-9-13)17-15-6-4-5-7-16(15)24-19(17)21-12;1-6-13-10(12)9-7-4-2-3-5-8(7)15-11(9)14-6;1-6-12-10(14)9-7-4-2-3-5-8(7)15-11(9)13-6;1-6(12)9-7-4-2-3-5-8(7)13-10(9)11;1-9-7-3-5-8(10-2)6-4-7;7-6-4-2-1-3-5-6;1-2-3-4-5;1-2-3;2-1-3;;;1-5(2,3)4;/h8-11H,4-7H2,1-3H3;2-5H2,1H3;2-5H2,1H3,(H,12,13,14);2-5,11H2,1H3;3-6,9H,1-2H3;1-5H2;2-3H2,1H3;1H3;;2*1H4;;1H2. The molecule has 0 saturated heterocycles. The highest BCUT2D eigenvalue weighted by Gasteiger charge is 2.25. The number of ether oxygens (including phenoxy) is 2. The van der Waals surface area contributed by atoms with Crippen LogP contribution in [0.2, 0.25) is 5.15 Å². The summed E-state index contributed by atoms with van der Waals surface area (Å²) in [6, 6.07) is 19.7. The van der Waals surface area contributed by atoms with Crippen molar-refractivity contribution in [1.29, 1.82) is 10.5 Å². The topological polar surface area (TPSA) is 290 Å². The van der Waals surface area contributed by atoms with Crippen molar-refractivity contribution in [3.05, 3.63) is 129 Å². The Morgan fingerprint density at radius 3 is 1.44 bits per heavy atom. The fraction of sp³-hybridized carbons (Fsp3) is 0.473. The van der Waals surface area contributed by atoms with Crippen LogP contribution in [-0.2, 0) is 70.3 Å². The molecule has 7 aromatic heterocycles. The van der Waals surface area contributed by atoms with E-state index in [9.17, 15) is 18.9 Å². The van der Waals surface area contributed by atoms with E-state index in [4.69, 9.17) is 56.9 Å². The van der Waals surface area contributed by atoms with Gasteiger partial charge < -0.3 is 30.4 Å². The van der Waals surface area contributed by atoms with E-state index in [1.54, 1.807) is 61.2 Å². The van der Waals surface area contributed by atoms with E-state index < -0.39 is 5.20 Å². The Balaban J connectivity index is 0.000000411. The number of H-pyrrole nitrogens is 1. The second-order valence-corrected chi connectivity index (χ2v) is 34.8. The molecule has 29 heteroatoms. The van der Waals surface area contributed by atoms with Gasteiger partial charge in [0, 0.05) is 71.2 Å². The summed E-state index contributed by atoms with van der Waals surface area (Å²) in [4.78, 5) is 86.3. The lowest BCUT2D eigenvalue weighted by atomic mass is 9.94. The molecule has 560 valence electrons. The molecular weight excluding hydrogens is 1500 g/mol. The van der Waals surface area contributed by atoms with Gasteiger partial charge in [0.25, 0.3) is 5.56 Å². The highest BCUT2D eigenvalue weighted by molar-refractivity contribution is 8.24. The van der Waals surface area contributed by atoms with Gasteiger partial charge in [0.15, 0.2) is 5.78 Å². The van der Waals surface area contributed by atoms with Crippen LogP contribution in [0.25, 0.3) is 30.6 Å². The number of carbonyl (C=O) groups excluding carboxylic acids is 4. The van der Waals surface area contributed by atoms with Crippen molar-refractivity contribution in [2.24, 2.45) is 0 Å². The van der Waals surface area contributed by atoms with Crippen LogP contribution in [0.1, 0.15) is 202 Å². The summed E-state index contributed by atoms with van der Waals surface area (Å²) in [6.07, 6.45) is 26.1. The lowest BCUT2D eigenvalue weighted by molar-refractivity contribution is -0.191. The number of nitrogens with one attached hydrogen (secondary N) is 2. The SMILES string of the molecule is C.C.CC#N.CC(=O)c1c(N)sc2c1CCCC2.CCCC#N.CNc1ccc(OC)cc1.COc1ccc(N(C)c2nc(C)nc3sc4c(c23)CCCC4)cc1.Cc1nc(Cl)c2c3c(sc2n1)CCCC3.Cc1nc2sc3c(c2c(=O)[nH]1)CCCC3.O=C1CCCCC1.O=C=O.O=P(Cl)(Cl)Cl.S. The van der Waals surface area contributed by atoms with Crippen molar-refractivity contribution in [1.82, 2.24) is 29.9 Å². The fourth-order valence-electron chi connectivity index (χ4n) is 11.7. The summed E-state index contributed by atoms with van der Waals surface area (Å²) in [5.74, 6) is 5.67. The molecule has 14 rings (SSSR count). The minimum absolute atomic E-state index is 0. The molecule has 1 fully saturated rings. The molecule has 0 spiro atoms. The Labute approximate surface area is 649 Å². The van der Waals surface area contributed by atoms with Crippen LogP contribution in [0.3, 0.4) is 0 Å². The molecule has 5 aliphatic rings. The number of hydrogen-bond acceptors (Lipinski definition) is 22. The Bertz CT molecular complexity index is 4350. The second-order valence-electron chi connectivity index (χ2n) is 23.4. The minimum atomic E-state index is -3.22. The van der Waals surface area contributed by atoms with Crippen molar-refractivity contribution in [2.45, 2.75) is 204 Å². The smallest absolute Gasteiger partial charge is 0.373 e. The number of benzene rings is 2. The Kier molecular flexibility index (Phi) is 43.0. The lowest BCUT2D eigenvalue weighted by Gasteiger charge is -2.21. The molecule has 103 heavy (non-hydrogen) atoms. The number of unbranched alkanes of at least 4 members (excludes halogenated alkanes) is 1. The van der Waals surface area contributed by atoms with Crippen molar-refractivity contribution in [3.63, 3.8) is 0 Å². The van der Waals surface area contributed by atoms with Crippen LogP contribution in [-0.4, -0.2) is 75.9 Å². The average molecular weight is 1600 g/mol. The number of carbonyl (C=O) groups is 2. The van der Waals surface area contributed by atoms with Gasteiger partial charge in [0.1, 0.15) is 60.2 Å². The number of thiophene rings is 4. The molecule has 1 saturated carbocycles. The first kappa shape index (κ1) is 92.6. The number of rotatable bonds is 7. The number of ketones is 2. The van der Waals surface area contributed by atoms with Crippen LogP contribution in [0.5, 0.6) is 11.5 Å². The number of hydrogen-bond donors (Lipinski definition) is 3. The van der Waals surface area contributed by atoms with Gasteiger partial charge in [-0.05, 0) is 254 Å². The molecule has 0 unspecified atom stereocenters. The summed E-state index contributed by atoms with van der Waals surface area (Å²) in [5.41, 5.74) is 14.2. The predicted molar refractivity (Wildman–Crippen MR) is 437 cm³/mol. The fourth-order valence-corrected chi connectivity index (χ4v) is 17.2. The summed E-state index contributed by atoms with van der Waals surface area (Å²) < 4.78 is 19.8. The molecule has 5 aliphatic carbocycles. The maximum absolute atomic E-state index is 11.8. The number of anilines is 4. The van der Waals surface area contributed by atoms with Gasteiger partial charge in [-0.15, -0.1) is 45.3 Å². The number of fused-ring (bicyclic) bond motifs is 10.